The minimum Gasteiger partial charge on any atom is -0.339 e. The topological polar surface area (TPSA) is 20.3 Å². The largest absolute Gasteiger partial charge is 0.339 e. The van der Waals surface area contributed by atoms with Crippen molar-refractivity contribution in [2.75, 3.05) is 13.1 Å². The summed E-state index contributed by atoms with van der Waals surface area (Å²) in [6.45, 7) is 3.55. The van der Waals surface area contributed by atoms with Gasteiger partial charge in [0.15, 0.2) is 0 Å². The van der Waals surface area contributed by atoms with Crippen molar-refractivity contribution in [2.24, 2.45) is 0 Å². The summed E-state index contributed by atoms with van der Waals surface area (Å²) in [6.07, 6.45) is 0.907. The zero-order valence-electron chi connectivity index (χ0n) is 10.5. The van der Waals surface area contributed by atoms with Gasteiger partial charge < -0.3 is 4.90 Å². The van der Waals surface area contributed by atoms with Crippen LogP contribution < -0.4 is 0 Å². The minimum absolute atomic E-state index is 0.134. The Hall–Kier alpha value is -1.61. The number of benzene rings is 1. The Morgan fingerprint density at radius 3 is 2.61 bits per heavy atom. The Morgan fingerprint density at radius 1 is 1.22 bits per heavy atom. The van der Waals surface area contributed by atoms with Crippen LogP contribution in [0.3, 0.4) is 0 Å². The molecule has 0 radical (unpaired) electrons. The van der Waals surface area contributed by atoms with Crippen LogP contribution in [0.2, 0.25) is 0 Å². The molecule has 94 valence electrons. The molecular weight excluding hydrogens is 242 g/mol. The van der Waals surface area contributed by atoms with Crippen molar-refractivity contribution in [3.63, 3.8) is 0 Å². The van der Waals surface area contributed by atoms with E-state index in [9.17, 15) is 4.79 Å². The molecule has 2 aromatic rings. The van der Waals surface area contributed by atoms with Crippen molar-refractivity contribution in [1.29, 1.82) is 0 Å². The van der Waals surface area contributed by atoms with Crippen LogP contribution >= 0.6 is 11.3 Å². The molecule has 0 aliphatic carbocycles. The fourth-order valence-electron chi connectivity index (χ4n) is 1.88. The maximum atomic E-state index is 12.2. The molecule has 1 aromatic heterocycles. The van der Waals surface area contributed by atoms with Crippen molar-refractivity contribution >= 4 is 17.2 Å². The fraction of sp³-hybridized carbons (Fsp3) is 0.267. The highest BCUT2D eigenvalue weighted by Crippen LogP contribution is 2.10. The molecule has 0 saturated carbocycles. The molecule has 1 heterocycles. The molecule has 0 aliphatic rings. The third-order valence-corrected chi connectivity index (χ3v) is 3.63. The summed E-state index contributed by atoms with van der Waals surface area (Å²) < 4.78 is 0. The summed E-state index contributed by atoms with van der Waals surface area (Å²) in [7, 11) is 0. The molecule has 2 rings (SSSR count). The second kappa shape index (κ2) is 6.36. The van der Waals surface area contributed by atoms with Crippen LogP contribution in [0.5, 0.6) is 0 Å². The molecule has 0 spiro atoms. The van der Waals surface area contributed by atoms with Crippen molar-refractivity contribution in [3.05, 3.63) is 58.3 Å². The maximum absolute atomic E-state index is 12.2. The van der Waals surface area contributed by atoms with E-state index in [1.54, 1.807) is 11.3 Å². The summed E-state index contributed by atoms with van der Waals surface area (Å²) in [5, 5.41) is 3.85. The number of likely N-dealkylation sites (N-methyl/N-ethyl adjacent to an activating group) is 1. The third kappa shape index (κ3) is 3.20. The number of carbonyl (C=O) groups is 1. The summed E-state index contributed by atoms with van der Waals surface area (Å²) >= 11 is 1.56. The van der Waals surface area contributed by atoms with Crippen LogP contribution in [-0.2, 0) is 6.42 Å². The lowest BCUT2D eigenvalue weighted by atomic mass is 10.1. The SMILES string of the molecule is CCN(CCc1ccccc1)C(=O)c1ccsc1. The quantitative estimate of drug-likeness (QED) is 0.805. The van der Waals surface area contributed by atoms with E-state index >= 15 is 0 Å². The molecule has 0 aliphatic heterocycles. The molecule has 1 aromatic carbocycles. The summed E-state index contributed by atoms with van der Waals surface area (Å²) in [5.74, 6) is 0.134. The van der Waals surface area contributed by atoms with Crippen LogP contribution in [-0.4, -0.2) is 23.9 Å². The molecule has 0 bridgehead atoms. The van der Waals surface area contributed by atoms with Gasteiger partial charge in [0.25, 0.3) is 5.91 Å². The first kappa shape index (κ1) is 12.8. The standard InChI is InChI=1S/C15H17NOS/c1-2-16(15(17)14-9-11-18-12-14)10-8-13-6-4-3-5-7-13/h3-7,9,11-12H,2,8,10H2,1H3. The highest BCUT2D eigenvalue weighted by atomic mass is 32.1. The Labute approximate surface area is 112 Å². The second-order valence-electron chi connectivity index (χ2n) is 4.13. The summed E-state index contributed by atoms with van der Waals surface area (Å²) in [4.78, 5) is 14.1. The van der Waals surface area contributed by atoms with E-state index in [4.69, 9.17) is 0 Å². The zero-order valence-corrected chi connectivity index (χ0v) is 11.3. The normalized spacial score (nSPS) is 10.3. The lowest BCUT2D eigenvalue weighted by Crippen LogP contribution is -2.32. The van der Waals surface area contributed by atoms with E-state index in [0.717, 1.165) is 25.1 Å². The van der Waals surface area contributed by atoms with Crippen LogP contribution in [0.15, 0.2) is 47.2 Å². The minimum atomic E-state index is 0.134. The van der Waals surface area contributed by atoms with Gasteiger partial charge >= 0.3 is 0 Å². The molecule has 0 saturated heterocycles. The fourth-order valence-corrected chi connectivity index (χ4v) is 2.51. The number of rotatable bonds is 5. The van der Waals surface area contributed by atoms with Gasteiger partial charge in [0.1, 0.15) is 0 Å². The number of nitrogens with zero attached hydrogens (tertiary/aromatic N) is 1. The first-order chi connectivity index (χ1) is 8.81. The monoisotopic (exact) mass is 259 g/mol. The van der Waals surface area contributed by atoms with Crippen LogP contribution in [0.25, 0.3) is 0 Å². The Bertz CT molecular complexity index is 478. The molecular formula is C15H17NOS. The van der Waals surface area contributed by atoms with Crippen molar-refractivity contribution in [3.8, 4) is 0 Å². The molecule has 0 unspecified atom stereocenters. The van der Waals surface area contributed by atoms with Gasteiger partial charge in [-0.15, -0.1) is 0 Å². The van der Waals surface area contributed by atoms with Crippen LogP contribution in [0.4, 0.5) is 0 Å². The van der Waals surface area contributed by atoms with Crippen molar-refractivity contribution < 1.29 is 4.79 Å². The molecule has 18 heavy (non-hydrogen) atoms. The number of carbonyl (C=O) groups excluding carboxylic acids is 1. The van der Waals surface area contributed by atoms with E-state index in [2.05, 4.69) is 12.1 Å². The van der Waals surface area contributed by atoms with E-state index in [-0.39, 0.29) is 5.91 Å². The zero-order chi connectivity index (χ0) is 12.8. The smallest absolute Gasteiger partial charge is 0.254 e. The molecule has 0 fully saturated rings. The highest BCUT2D eigenvalue weighted by molar-refractivity contribution is 7.08. The first-order valence-corrected chi connectivity index (χ1v) is 7.11. The van der Waals surface area contributed by atoms with Gasteiger partial charge in [-0.3, -0.25) is 4.79 Å². The Kier molecular flexibility index (Phi) is 4.53. The molecule has 0 atom stereocenters. The van der Waals surface area contributed by atoms with E-state index in [0.29, 0.717) is 0 Å². The average Bonchev–Trinajstić information content (AvgIpc) is 2.94. The molecule has 2 nitrogen and oxygen atoms in total. The summed E-state index contributed by atoms with van der Waals surface area (Å²) in [6, 6.07) is 12.2. The first-order valence-electron chi connectivity index (χ1n) is 6.16. The lowest BCUT2D eigenvalue weighted by Gasteiger charge is -2.20. The highest BCUT2D eigenvalue weighted by Gasteiger charge is 2.13. The van der Waals surface area contributed by atoms with Gasteiger partial charge in [-0.2, -0.15) is 11.3 Å². The van der Waals surface area contributed by atoms with Crippen molar-refractivity contribution in [2.45, 2.75) is 13.3 Å². The van der Waals surface area contributed by atoms with E-state index in [1.807, 2.05) is 46.8 Å². The summed E-state index contributed by atoms with van der Waals surface area (Å²) in [5.41, 5.74) is 2.07. The number of hydrogen-bond acceptors (Lipinski definition) is 2. The third-order valence-electron chi connectivity index (χ3n) is 2.95. The number of hydrogen-bond donors (Lipinski definition) is 0. The lowest BCUT2D eigenvalue weighted by molar-refractivity contribution is 0.0767. The van der Waals surface area contributed by atoms with E-state index < -0.39 is 0 Å². The van der Waals surface area contributed by atoms with Crippen LogP contribution in [0, 0.1) is 0 Å². The molecule has 3 heteroatoms. The van der Waals surface area contributed by atoms with E-state index in [1.165, 1.54) is 5.56 Å². The second-order valence-corrected chi connectivity index (χ2v) is 4.91. The van der Waals surface area contributed by atoms with Gasteiger partial charge in [-0.05, 0) is 30.4 Å². The number of thiophene rings is 1. The van der Waals surface area contributed by atoms with Crippen LogP contribution in [0.1, 0.15) is 22.8 Å². The number of amides is 1. The average molecular weight is 259 g/mol. The predicted octanol–water partition coefficient (Wildman–Crippen LogP) is 3.45. The van der Waals surface area contributed by atoms with Gasteiger partial charge in [-0.1, -0.05) is 30.3 Å². The van der Waals surface area contributed by atoms with Gasteiger partial charge in [-0.25, -0.2) is 0 Å². The van der Waals surface area contributed by atoms with Gasteiger partial charge in [0, 0.05) is 18.5 Å². The maximum Gasteiger partial charge on any atom is 0.254 e. The van der Waals surface area contributed by atoms with Gasteiger partial charge in [0.2, 0.25) is 0 Å². The molecule has 1 amide bonds. The molecule has 0 N–H and O–H groups in total. The van der Waals surface area contributed by atoms with Crippen molar-refractivity contribution in [1.82, 2.24) is 4.90 Å². The van der Waals surface area contributed by atoms with Gasteiger partial charge in [0.05, 0.1) is 5.56 Å². The predicted molar refractivity (Wildman–Crippen MR) is 76.0 cm³/mol. The Morgan fingerprint density at radius 2 is 2.00 bits per heavy atom. The Balaban J connectivity index is 1.96.